The summed E-state index contributed by atoms with van der Waals surface area (Å²) in [6, 6.07) is 5.14. The van der Waals surface area contributed by atoms with Crippen LogP contribution in [0, 0.1) is 17.7 Å². The first-order chi connectivity index (χ1) is 9.69. The summed E-state index contributed by atoms with van der Waals surface area (Å²) in [5.74, 6) is 2.30. The Labute approximate surface area is 123 Å². The Hall–Kier alpha value is -1.09. The molecule has 0 radical (unpaired) electrons. The van der Waals surface area contributed by atoms with Crippen molar-refractivity contribution in [3.05, 3.63) is 29.8 Å². The van der Waals surface area contributed by atoms with E-state index in [-0.39, 0.29) is 5.82 Å². The van der Waals surface area contributed by atoms with E-state index in [0.717, 1.165) is 23.8 Å². The number of imidazole rings is 1. The molecule has 1 fully saturated rings. The van der Waals surface area contributed by atoms with E-state index in [1.807, 2.05) is 6.07 Å². The van der Waals surface area contributed by atoms with E-state index in [4.69, 9.17) is 11.6 Å². The fourth-order valence-electron chi connectivity index (χ4n) is 3.45. The summed E-state index contributed by atoms with van der Waals surface area (Å²) in [6.45, 7) is 3.23. The number of benzene rings is 1. The van der Waals surface area contributed by atoms with Crippen molar-refractivity contribution in [3.8, 4) is 0 Å². The molecule has 1 aromatic carbocycles. The first-order valence-electron chi connectivity index (χ1n) is 7.38. The molecule has 1 aliphatic rings. The van der Waals surface area contributed by atoms with E-state index in [9.17, 15) is 4.39 Å². The highest BCUT2D eigenvalue weighted by Crippen LogP contribution is 2.31. The number of hydrogen-bond donors (Lipinski definition) is 0. The molecule has 3 rings (SSSR count). The number of hydrogen-bond acceptors (Lipinski definition) is 1. The second-order valence-electron chi connectivity index (χ2n) is 6.02. The largest absolute Gasteiger partial charge is 0.327 e. The van der Waals surface area contributed by atoms with Crippen LogP contribution in [0.25, 0.3) is 11.0 Å². The molecule has 0 bridgehead atoms. The number of nitrogens with zero attached hydrogens (tertiary/aromatic N) is 2. The van der Waals surface area contributed by atoms with Gasteiger partial charge in [0.25, 0.3) is 0 Å². The molecule has 2 nitrogen and oxygen atoms in total. The zero-order valence-electron chi connectivity index (χ0n) is 11.8. The van der Waals surface area contributed by atoms with Gasteiger partial charge < -0.3 is 4.57 Å². The van der Waals surface area contributed by atoms with Crippen LogP contribution in [0.3, 0.4) is 0 Å². The van der Waals surface area contributed by atoms with Gasteiger partial charge in [-0.15, -0.1) is 11.6 Å². The van der Waals surface area contributed by atoms with Crippen LogP contribution in [0.5, 0.6) is 0 Å². The predicted octanol–water partition coefficient (Wildman–Crippen LogP) is 4.74. The summed E-state index contributed by atoms with van der Waals surface area (Å²) in [7, 11) is 0. The molecule has 2 unspecified atom stereocenters. The van der Waals surface area contributed by atoms with E-state index in [1.54, 1.807) is 6.07 Å². The van der Waals surface area contributed by atoms with Gasteiger partial charge in [-0.1, -0.05) is 25.8 Å². The van der Waals surface area contributed by atoms with Crippen LogP contribution in [0.4, 0.5) is 4.39 Å². The van der Waals surface area contributed by atoms with Crippen LogP contribution in [-0.4, -0.2) is 9.55 Å². The van der Waals surface area contributed by atoms with Crippen molar-refractivity contribution in [3.63, 3.8) is 0 Å². The van der Waals surface area contributed by atoms with Gasteiger partial charge in [0.05, 0.1) is 11.4 Å². The molecule has 1 saturated carbocycles. The van der Waals surface area contributed by atoms with E-state index in [2.05, 4.69) is 16.5 Å². The molecule has 0 N–H and O–H groups in total. The second-order valence-corrected chi connectivity index (χ2v) is 6.28. The number of rotatable bonds is 3. The number of fused-ring (bicyclic) bond motifs is 1. The van der Waals surface area contributed by atoms with Crippen LogP contribution in [-0.2, 0) is 12.4 Å². The molecule has 0 saturated heterocycles. The topological polar surface area (TPSA) is 17.8 Å². The smallest absolute Gasteiger partial charge is 0.151 e. The molecule has 20 heavy (non-hydrogen) atoms. The van der Waals surface area contributed by atoms with Gasteiger partial charge in [-0.25, -0.2) is 9.37 Å². The van der Waals surface area contributed by atoms with Crippen molar-refractivity contribution in [2.24, 2.45) is 11.8 Å². The molecule has 0 aliphatic heterocycles. The van der Waals surface area contributed by atoms with E-state index >= 15 is 0 Å². The zero-order valence-corrected chi connectivity index (χ0v) is 12.5. The van der Waals surface area contributed by atoms with Gasteiger partial charge in [0.15, 0.2) is 5.82 Å². The quantitative estimate of drug-likeness (QED) is 0.748. The van der Waals surface area contributed by atoms with Gasteiger partial charge in [0.1, 0.15) is 11.3 Å². The average molecular weight is 295 g/mol. The highest BCUT2D eigenvalue weighted by Gasteiger charge is 2.22. The maximum Gasteiger partial charge on any atom is 0.151 e. The Kier molecular flexibility index (Phi) is 3.97. The molecule has 0 amide bonds. The number of para-hydroxylation sites is 1. The molecule has 0 spiro atoms. The lowest BCUT2D eigenvalue weighted by Crippen LogP contribution is -2.19. The lowest BCUT2D eigenvalue weighted by atomic mass is 9.82. The molecule has 1 aromatic heterocycles. The van der Waals surface area contributed by atoms with Crippen LogP contribution >= 0.6 is 11.6 Å². The average Bonchev–Trinajstić information content (AvgIpc) is 2.79. The van der Waals surface area contributed by atoms with Crippen LogP contribution in [0.15, 0.2) is 18.2 Å². The van der Waals surface area contributed by atoms with Crippen molar-refractivity contribution < 1.29 is 4.39 Å². The lowest BCUT2D eigenvalue weighted by Gasteiger charge is -2.27. The molecule has 1 heterocycles. The Bertz CT molecular complexity index is 608. The molecule has 2 aromatic rings. The van der Waals surface area contributed by atoms with Gasteiger partial charge in [-0.3, -0.25) is 0 Å². The zero-order chi connectivity index (χ0) is 14.1. The van der Waals surface area contributed by atoms with Gasteiger partial charge in [0, 0.05) is 6.54 Å². The summed E-state index contributed by atoms with van der Waals surface area (Å²) < 4.78 is 16.0. The minimum atomic E-state index is -0.260. The van der Waals surface area contributed by atoms with Crippen LogP contribution < -0.4 is 0 Å². The fourth-order valence-corrected chi connectivity index (χ4v) is 3.65. The maximum atomic E-state index is 13.8. The van der Waals surface area contributed by atoms with E-state index in [1.165, 1.54) is 31.7 Å². The first kappa shape index (κ1) is 13.9. The van der Waals surface area contributed by atoms with Gasteiger partial charge >= 0.3 is 0 Å². The Morgan fingerprint density at radius 2 is 2.25 bits per heavy atom. The Morgan fingerprint density at radius 1 is 1.40 bits per heavy atom. The van der Waals surface area contributed by atoms with Gasteiger partial charge in [-0.2, -0.15) is 0 Å². The lowest BCUT2D eigenvalue weighted by molar-refractivity contribution is 0.257. The molecular weight excluding hydrogens is 275 g/mol. The van der Waals surface area contributed by atoms with Crippen molar-refractivity contribution in [1.82, 2.24) is 9.55 Å². The van der Waals surface area contributed by atoms with Crippen molar-refractivity contribution in [2.75, 3.05) is 0 Å². The number of alkyl halides is 1. The summed E-state index contributed by atoms with van der Waals surface area (Å²) in [6.07, 6.45) is 5.12. The summed E-state index contributed by atoms with van der Waals surface area (Å²) >= 11 is 6.00. The predicted molar refractivity (Wildman–Crippen MR) is 80.4 cm³/mol. The molecule has 108 valence electrons. The van der Waals surface area contributed by atoms with E-state index < -0.39 is 0 Å². The Morgan fingerprint density at radius 3 is 3.00 bits per heavy atom. The van der Waals surface area contributed by atoms with Crippen molar-refractivity contribution in [1.29, 1.82) is 0 Å². The minimum Gasteiger partial charge on any atom is -0.327 e. The van der Waals surface area contributed by atoms with E-state index in [0.29, 0.717) is 17.3 Å². The molecule has 4 heteroatoms. The standard InChI is InChI=1S/C16H20ClFN2/c1-11-4-2-5-12(8-11)10-20-14-7-3-6-13(18)16(14)19-15(20)9-17/h3,6-7,11-12H,2,4-5,8-10H2,1H3. The maximum absolute atomic E-state index is 13.8. The molecular formula is C16H20ClFN2. The summed E-state index contributed by atoms with van der Waals surface area (Å²) in [4.78, 5) is 4.37. The normalized spacial score (nSPS) is 23.4. The number of halogens is 2. The second kappa shape index (κ2) is 5.72. The monoisotopic (exact) mass is 294 g/mol. The van der Waals surface area contributed by atoms with Crippen molar-refractivity contribution in [2.45, 2.75) is 45.0 Å². The highest BCUT2D eigenvalue weighted by atomic mass is 35.5. The van der Waals surface area contributed by atoms with Crippen LogP contribution in [0.2, 0.25) is 0 Å². The third-order valence-electron chi connectivity index (χ3n) is 4.41. The number of aromatic nitrogens is 2. The summed E-state index contributed by atoms with van der Waals surface area (Å²) in [5, 5.41) is 0. The third-order valence-corrected chi connectivity index (χ3v) is 4.65. The SMILES string of the molecule is CC1CCCC(Cn2c(CCl)nc3c(F)cccc32)C1. The third kappa shape index (κ3) is 2.56. The fraction of sp³-hybridized carbons (Fsp3) is 0.562. The van der Waals surface area contributed by atoms with Crippen molar-refractivity contribution >= 4 is 22.6 Å². The Balaban J connectivity index is 1.95. The van der Waals surface area contributed by atoms with Gasteiger partial charge in [-0.05, 0) is 36.8 Å². The minimum absolute atomic E-state index is 0.260. The highest BCUT2D eigenvalue weighted by molar-refractivity contribution is 6.16. The van der Waals surface area contributed by atoms with Gasteiger partial charge in [0.2, 0.25) is 0 Å². The molecule has 1 aliphatic carbocycles. The first-order valence-corrected chi connectivity index (χ1v) is 7.92. The summed E-state index contributed by atoms with van der Waals surface area (Å²) in [5.41, 5.74) is 1.32. The van der Waals surface area contributed by atoms with Crippen LogP contribution in [0.1, 0.15) is 38.4 Å². The molecule has 2 atom stereocenters.